The molecule has 26 heavy (non-hydrogen) atoms. The molecule has 2 heterocycles. The number of nitro groups is 1. The zero-order chi connectivity index (χ0) is 18.7. The molecule has 0 radical (unpaired) electrons. The third-order valence-corrected chi connectivity index (χ3v) is 3.84. The van der Waals surface area contributed by atoms with Crippen molar-refractivity contribution in [1.29, 1.82) is 5.26 Å². The third kappa shape index (κ3) is 3.06. The number of carbonyl (C=O) groups is 1. The number of pyridine rings is 1. The number of hydrogen-bond acceptors (Lipinski definition) is 6. The van der Waals surface area contributed by atoms with Gasteiger partial charge < -0.3 is 13.9 Å². The van der Waals surface area contributed by atoms with Crippen LogP contribution in [0.3, 0.4) is 0 Å². The molecule has 130 valence electrons. The second-order valence-corrected chi connectivity index (χ2v) is 5.35. The van der Waals surface area contributed by atoms with Crippen LogP contribution in [0.4, 0.5) is 5.69 Å². The van der Waals surface area contributed by atoms with E-state index in [0.29, 0.717) is 16.6 Å². The van der Waals surface area contributed by atoms with Crippen LogP contribution in [0.25, 0.3) is 5.52 Å². The van der Waals surface area contributed by atoms with Crippen LogP contribution in [-0.2, 0) is 11.3 Å². The summed E-state index contributed by atoms with van der Waals surface area (Å²) in [7, 11) is 1.31. The van der Waals surface area contributed by atoms with Gasteiger partial charge in [-0.15, -0.1) is 0 Å². The smallest absolute Gasteiger partial charge is 0.338 e. The van der Waals surface area contributed by atoms with Gasteiger partial charge in [-0.05, 0) is 24.3 Å². The van der Waals surface area contributed by atoms with Gasteiger partial charge in [0.05, 0.1) is 28.7 Å². The highest BCUT2D eigenvalue weighted by molar-refractivity contribution is 5.90. The minimum Gasteiger partial charge on any atom is -0.490 e. The first-order valence-corrected chi connectivity index (χ1v) is 7.53. The lowest BCUT2D eigenvalue weighted by Crippen LogP contribution is -2.06. The maximum Gasteiger partial charge on any atom is 0.338 e. The van der Waals surface area contributed by atoms with E-state index in [2.05, 4.69) is 6.07 Å². The Labute approximate surface area is 148 Å². The summed E-state index contributed by atoms with van der Waals surface area (Å²) in [6.07, 6.45) is 3.49. The molecule has 0 fully saturated rings. The van der Waals surface area contributed by atoms with Crippen molar-refractivity contribution < 1.29 is 19.2 Å². The summed E-state index contributed by atoms with van der Waals surface area (Å²) in [6, 6.07) is 11.3. The molecule has 3 rings (SSSR count). The molecule has 8 nitrogen and oxygen atoms in total. The van der Waals surface area contributed by atoms with Gasteiger partial charge in [0, 0.05) is 24.0 Å². The molecule has 1 aromatic carbocycles. The monoisotopic (exact) mass is 351 g/mol. The van der Waals surface area contributed by atoms with Gasteiger partial charge in [0.2, 0.25) is 0 Å². The van der Waals surface area contributed by atoms with Gasteiger partial charge in [-0.1, -0.05) is 6.07 Å². The van der Waals surface area contributed by atoms with E-state index >= 15 is 0 Å². The maximum atomic E-state index is 12.2. The van der Waals surface area contributed by atoms with Crippen LogP contribution in [0.1, 0.15) is 21.5 Å². The Morgan fingerprint density at radius 2 is 2.15 bits per heavy atom. The quantitative estimate of drug-likeness (QED) is 0.397. The molecule has 0 amide bonds. The van der Waals surface area contributed by atoms with Crippen LogP contribution >= 0.6 is 0 Å². The Morgan fingerprint density at radius 1 is 1.35 bits per heavy atom. The number of fused-ring (bicyclic) bond motifs is 1. The predicted octanol–water partition coefficient (Wildman–Crippen LogP) is 3.08. The molecule has 0 aliphatic rings. The fourth-order valence-corrected chi connectivity index (χ4v) is 2.60. The molecule has 8 heteroatoms. The molecule has 0 aliphatic carbocycles. The average molecular weight is 351 g/mol. The first kappa shape index (κ1) is 17.0. The number of esters is 1. The van der Waals surface area contributed by atoms with E-state index in [0.717, 1.165) is 6.07 Å². The molecule has 0 atom stereocenters. The minimum atomic E-state index is -0.727. The predicted molar refractivity (Wildman–Crippen MR) is 90.9 cm³/mol. The lowest BCUT2D eigenvalue weighted by molar-refractivity contribution is -0.385. The third-order valence-electron chi connectivity index (χ3n) is 3.84. The summed E-state index contributed by atoms with van der Waals surface area (Å²) >= 11 is 0. The number of nitrogens with zero attached hydrogens (tertiary/aromatic N) is 3. The van der Waals surface area contributed by atoms with E-state index in [4.69, 9.17) is 9.47 Å². The van der Waals surface area contributed by atoms with Crippen molar-refractivity contribution in [2.24, 2.45) is 0 Å². The van der Waals surface area contributed by atoms with Crippen molar-refractivity contribution in [1.82, 2.24) is 4.40 Å². The molecular formula is C18H13N3O5. The van der Waals surface area contributed by atoms with Crippen LogP contribution in [0.15, 0.2) is 48.8 Å². The Balaban J connectivity index is 1.83. The number of carbonyl (C=O) groups excluding carboxylic acids is 1. The Morgan fingerprint density at radius 3 is 2.85 bits per heavy atom. The zero-order valence-corrected chi connectivity index (χ0v) is 13.7. The first-order valence-electron chi connectivity index (χ1n) is 7.53. The number of benzene rings is 1. The molecular weight excluding hydrogens is 338 g/mol. The SMILES string of the molecule is COc1ccc(C(=O)OCc2cn3ccccc3c2C#N)cc1[N+](=O)[O-]. The van der Waals surface area contributed by atoms with Gasteiger partial charge in [0.15, 0.2) is 5.75 Å². The normalized spacial score (nSPS) is 10.3. The molecule has 0 saturated carbocycles. The summed E-state index contributed by atoms with van der Waals surface area (Å²) in [5, 5.41) is 20.4. The maximum absolute atomic E-state index is 12.2. The highest BCUT2D eigenvalue weighted by atomic mass is 16.6. The molecule has 0 aliphatic heterocycles. The average Bonchev–Trinajstić information content (AvgIpc) is 3.02. The van der Waals surface area contributed by atoms with E-state index in [-0.39, 0.29) is 23.6 Å². The van der Waals surface area contributed by atoms with Crippen molar-refractivity contribution in [3.05, 3.63) is 75.6 Å². The van der Waals surface area contributed by atoms with Crippen molar-refractivity contribution in [3.8, 4) is 11.8 Å². The number of nitriles is 1. The van der Waals surface area contributed by atoms with Gasteiger partial charge in [0.25, 0.3) is 0 Å². The van der Waals surface area contributed by atoms with Crippen LogP contribution in [-0.4, -0.2) is 22.4 Å². The molecule has 0 saturated heterocycles. The van der Waals surface area contributed by atoms with Gasteiger partial charge >= 0.3 is 11.7 Å². The molecule has 0 unspecified atom stereocenters. The lowest BCUT2D eigenvalue weighted by atomic mass is 10.2. The van der Waals surface area contributed by atoms with E-state index in [9.17, 15) is 20.2 Å². The van der Waals surface area contributed by atoms with E-state index in [1.54, 1.807) is 22.9 Å². The molecule has 3 aromatic rings. The Kier molecular flexibility index (Phi) is 4.53. The summed E-state index contributed by atoms with van der Waals surface area (Å²) < 4.78 is 11.9. The fourth-order valence-electron chi connectivity index (χ4n) is 2.60. The lowest BCUT2D eigenvalue weighted by Gasteiger charge is -2.06. The van der Waals surface area contributed by atoms with Gasteiger partial charge in [-0.25, -0.2) is 4.79 Å². The highest BCUT2D eigenvalue weighted by Gasteiger charge is 2.19. The van der Waals surface area contributed by atoms with E-state index in [1.165, 1.54) is 19.2 Å². The summed E-state index contributed by atoms with van der Waals surface area (Å²) in [5.74, 6) is -0.674. The largest absolute Gasteiger partial charge is 0.490 e. The van der Waals surface area contributed by atoms with Gasteiger partial charge in [-0.3, -0.25) is 10.1 Å². The Hall–Kier alpha value is -3.86. The Bertz CT molecular complexity index is 1050. The van der Waals surface area contributed by atoms with Crippen molar-refractivity contribution in [2.45, 2.75) is 6.61 Å². The van der Waals surface area contributed by atoms with Crippen molar-refractivity contribution >= 4 is 17.2 Å². The number of nitro benzene ring substituents is 1. The molecule has 0 spiro atoms. The summed E-state index contributed by atoms with van der Waals surface area (Å²) in [5.41, 5.74) is 1.38. The topological polar surface area (TPSA) is 107 Å². The molecule has 2 aromatic heterocycles. The van der Waals surface area contributed by atoms with E-state index < -0.39 is 10.9 Å². The number of hydrogen-bond donors (Lipinski definition) is 0. The van der Waals surface area contributed by atoms with Crippen molar-refractivity contribution in [2.75, 3.05) is 7.11 Å². The second kappa shape index (κ2) is 6.94. The zero-order valence-electron chi connectivity index (χ0n) is 13.7. The summed E-state index contributed by atoms with van der Waals surface area (Å²) in [4.78, 5) is 22.6. The highest BCUT2D eigenvalue weighted by Crippen LogP contribution is 2.28. The number of ether oxygens (including phenoxy) is 2. The first-order chi connectivity index (χ1) is 12.5. The fraction of sp³-hybridized carbons (Fsp3) is 0.111. The number of rotatable bonds is 5. The van der Waals surface area contributed by atoms with Crippen LogP contribution < -0.4 is 4.74 Å². The van der Waals surface area contributed by atoms with Crippen molar-refractivity contribution in [3.63, 3.8) is 0 Å². The standard InChI is InChI=1S/C18H13N3O5/c1-25-17-6-5-12(8-16(17)21(23)24)18(22)26-11-13-10-20-7-3-2-4-15(20)14(13)9-19/h2-8,10H,11H2,1H3. The number of methoxy groups -OCH3 is 1. The van der Waals surface area contributed by atoms with Gasteiger partial charge in [-0.2, -0.15) is 5.26 Å². The molecule has 0 N–H and O–H groups in total. The molecule has 0 bridgehead atoms. The number of aromatic nitrogens is 1. The van der Waals surface area contributed by atoms with Crippen LogP contribution in [0.2, 0.25) is 0 Å². The second-order valence-electron chi connectivity index (χ2n) is 5.35. The van der Waals surface area contributed by atoms with E-state index in [1.807, 2.05) is 12.1 Å². The van der Waals surface area contributed by atoms with Crippen LogP contribution in [0.5, 0.6) is 5.75 Å². The van der Waals surface area contributed by atoms with Gasteiger partial charge in [0.1, 0.15) is 12.7 Å². The minimum absolute atomic E-state index is 0.0276. The summed E-state index contributed by atoms with van der Waals surface area (Å²) in [6.45, 7) is -0.122. The van der Waals surface area contributed by atoms with Crippen LogP contribution in [0, 0.1) is 21.4 Å².